The second-order valence-corrected chi connectivity index (χ2v) is 13.4. The van der Waals surface area contributed by atoms with Crippen LogP contribution >= 0.6 is 0 Å². The molecule has 262 valence electrons. The second-order valence-electron chi connectivity index (χ2n) is 13.4. The fraction of sp³-hybridized carbons (Fsp3) is 0.273. The Bertz CT molecular complexity index is 2040. The van der Waals surface area contributed by atoms with E-state index in [-0.39, 0.29) is 0 Å². The lowest BCUT2D eigenvalue weighted by Crippen LogP contribution is -2.26. The molecule has 52 heavy (non-hydrogen) atoms. The van der Waals surface area contributed by atoms with Crippen molar-refractivity contribution in [2.45, 2.75) is 36.5 Å². The maximum absolute atomic E-state index is 11.2. The number of hydrogen-bond donors (Lipinski definition) is 0. The molecule has 0 amide bonds. The molecule has 2 aliphatic carbocycles. The van der Waals surface area contributed by atoms with Crippen LogP contribution in [0.25, 0.3) is 22.3 Å². The van der Waals surface area contributed by atoms with E-state index in [1.807, 2.05) is 72.8 Å². The molecule has 0 spiro atoms. The quantitative estimate of drug-likeness (QED) is 0.144. The van der Waals surface area contributed by atoms with Crippen LogP contribution in [0, 0.1) is 22.7 Å². The maximum atomic E-state index is 11.2. The van der Waals surface area contributed by atoms with Crippen molar-refractivity contribution in [2.75, 3.05) is 42.7 Å². The smallest absolute Gasteiger partial charge is 0.126 e. The lowest BCUT2D eigenvalue weighted by Gasteiger charge is -2.24. The van der Waals surface area contributed by atoms with Crippen LogP contribution in [-0.2, 0) is 36.5 Å². The van der Waals surface area contributed by atoms with Crippen molar-refractivity contribution < 1.29 is 28.4 Å². The number of hydrogen-bond acceptors (Lipinski definition) is 8. The second kappa shape index (κ2) is 13.5. The van der Waals surface area contributed by atoms with Gasteiger partial charge in [-0.05, 0) is 107 Å². The third-order valence-corrected chi connectivity index (χ3v) is 10.8. The van der Waals surface area contributed by atoms with Gasteiger partial charge in [0.2, 0.25) is 0 Å². The average Bonchev–Trinajstić information content (AvgIpc) is 3.80. The van der Waals surface area contributed by atoms with Crippen LogP contribution in [-0.4, -0.2) is 42.7 Å². The molecule has 5 aromatic carbocycles. The van der Waals surface area contributed by atoms with Gasteiger partial charge in [0.1, 0.15) is 34.5 Å². The summed E-state index contributed by atoms with van der Waals surface area (Å²) in [5, 5.41) is 22.4. The number of nitriles is 2. The Kier molecular flexibility index (Phi) is 8.94. The van der Waals surface area contributed by atoms with Crippen molar-refractivity contribution in [3.05, 3.63) is 118 Å². The first-order valence-corrected chi connectivity index (χ1v) is 17.1. The molecule has 0 fully saturated rings. The van der Waals surface area contributed by atoms with E-state index in [9.17, 15) is 10.5 Å². The van der Waals surface area contributed by atoms with Crippen LogP contribution in [0.4, 0.5) is 0 Å². The Hall–Kier alpha value is -6.12. The molecule has 0 unspecified atom stereocenters. The summed E-state index contributed by atoms with van der Waals surface area (Å²) in [6.45, 7) is 0. The molecule has 0 aromatic heterocycles. The van der Waals surface area contributed by atoms with Crippen LogP contribution in [0.1, 0.15) is 33.4 Å². The molecule has 0 N–H and O–H groups in total. The summed E-state index contributed by atoms with van der Waals surface area (Å²) >= 11 is 0. The summed E-state index contributed by atoms with van der Waals surface area (Å²) < 4.78 is 34.7. The first-order valence-electron chi connectivity index (χ1n) is 17.1. The standard InChI is InChI=1S/C44H40N2O6/c1-47-29-15-27(16-30(19-29)48-2)43(25-45)21-35-36(22-43)42(34-12-8-10-14-40(34)52-6)38-24-44(26-46,28-17-31(49-3)20-32(18-28)50-4)23-37(38)41(35)33-11-7-9-13-39(33)51-5/h7-20H,21-24H2,1-6H3. The zero-order chi connectivity index (χ0) is 36.6. The van der Waals surface area contributed by atoms with E-state index in [1.165, 1.54) is 0 Å². The molecule has 8 nitrogen and oxygen atoms in total. The minimum Gasteiger partial charge on any atom is -0.497 e. The zero-order valence-corrected chi connectivity index (χ0v) is 30.3. The maximum Gasteiger partial charge on any atom is 0.126 e. The van der Waals surface area contributed by atoms with Gasteiger partial charge in [-0.25, -0.2) is 0 Å². The number of methoxy groups -OCH3 is 6. The topological polar surface area (TPSA) is 103 Å². The molecule has 0 bridgehead atoms. The van der Waals surface area contributed by atoms with Gasteiger partial charge < -0.3 is 28.4 Å². The Morgan fingerprint density at radius 1 is 0.442 bits per heavy atom. The summed E-state index contributed by atoms with van der Waals surface area (Å²) in [7, 11) is 9.81. The monoisotopic (exact) mass is 692 g/mol. The van der Waals surface area contributed by atoms with Crippen LogP contribution in [0.5, 0.6) is 34.5 Å². The van der Waals surface area contributed by atoms with Crippen LogP contribution < -0.4 is 28.4 Å². The highest BCUT2D eigenvalue weighted by molar-refractivity contribution is 5.90. The molecule has 8 heteroatoms. The van der Waals surface area contributed by atoms with Gasteiger partial charge in [0, 0.05) is 23.3 Å². The SMILES string of the molecule is COc1cc(OC)cc(C2(C#N)Cc3c(c(-c4ccccc4OC)c4c(c3-c3ccccc3OC)CC(C#N)(c3cc(OC)cc(OC)c3)C4)C2)c1. The van der Waals surface area contributed by atoms with Gasteiger partial charge >= 0.3 is 0 Å². The summed E-state index contributed by atoms with van der Waals surface area (Å²) in [4.78, 5) is 0. The molecule has 0 saturated heterocycles. The molecular weight excluding hydrogens is 652 g/mol. The predicted octanol–water partition coefficient (Wildman–Crippen LogP) is 8.19. The highest BCUT2D eigenvalue weighted by Crippen LogP contribution is 2.57. The first-order chi connectivity index (χ1) is 25.3. The number of fused-ring (bicyclic) bond motifs is 2. The zero-order valence-electron chi connectivity index (χ0n) is 30.3. The first kappa shape index (κ1) is 34.3. The summed E-state index contributed by atoms with van der Waals surface area (Å²) in [5.41, 5.74) is 7.75. The number of ether oxygens (including phenoxy) is 6. The van der Waals surface area contributed by atoms with Crippen LogP contribution in [0.3, 0.4) is 0 Å². The van der Waals surface area contributed by atoms with Gasteiger partial charge in [0.05, 0.1) is 65.6 Å². The van der Waals surface area contributed by atoms with Crippen molar-refractivity contribution >= 4 is 0 Å². The third-order valence-electron chi connectivity index (χ3n) is 10.8. The molecule has 0 saturated carbocycles. The van der Waals surface area contributed by atoms with E-state index in [2.05, 4.69) is 24.3 Å². The largest absolute Gasteiger partial charge is 0.497 e. The minimum absolute atomic E-state index is 0.421. The van der Waals surface area contributed by atoms with Crippen LogP contribution in [0.2, 0.25) is 0 Å². The summed E-state index contributed by atoms with van der Waals surface area (Å²) in [6.07, 6.45) is 1.68. The van der Waals surface area contributed by atoms with Crippen molar-refractivity contribution in [2.24, 2.45) is 0 Å². The average molecular weight is 693 g/mol. The fourth-order valence-corrected chi connectivity index (χ4v) is 8.30. The lowest BCUT2D eigenvalue weighted by atomic mass is 9.77. The van der Waals surface area contributed by atoms with Gasteiger partial charge in [0.15, 0.2) is 0 Å². The van der Waals surface area contributed by atoms with Crippen molar-refractivity contribution in [1.82, 2.24) is 0 Å². The van der Waals surface area contributed by atoms with E-state index in [0.29, 0.717) is 60.2 Å². The highest BCUT2D eigenvalue weighted by Gasteiger charge is 2.49. The molecule has 2 aliphatic rings. The fourth-order valence-electron chi connectivity index (χ4n) is 8.30. The third kappa shape index (κ3) is 5.43. The highest BCUT2D eigenvalue weighted by atomic mass is 16.5. The molecule has 0 radical (unpaired) electrons. The molecule has 7 rings (SSSR count). The van der Waals surface area contributed by atoms with E-state index in [0.717, 1.165) is 55.6 Å². The Morgan fingerprint density at radius 3 is 1.02 bits per heavy atom. The van der Waals surface area contributed by atoms with Gasteiger partial charge in [-0.15, -0.1) is 0 Å². The van der Waals surface area contributed by atoms with Gasteiger partial charge in [-0.2, -0.15) is 10.5 Å². The molecule has 0 heterocycles. The van der Waals surface area contributed by atoms with E-state index in [1.54, 1.807) is 42.7 Å². The van der Waals surface area contributed by atoms with Crippen molar-refractivity contribution in [1.29, 1.82) is 10.5 Å². The number of para-hydroxylation sites is 2. The minimum atomic E-state index is -0.945. The predicted molar refractivity (Wildman–Crippen MR) is 199 cm³/mol. The molecule has 5 aromatic rings. The Balaban J connectivity index is 1.58. The summed E-state index contributed by atoms with van der Waals surface area (Å²) in [6, 6.07) is 32.9. The molecule has 0 aliphatic heterocycles. The normalized spacial score (nSPS) is 14.7. The summed E-state index contributed by atoms with van der Waals surface area (Å²) in [5.74, 6) is 3.89. The van der Waals surface area contributed by atoms with E-state index in [4.69, 9.17) is 28.4 Å². The van der Waals surface area contributed by atoms with Gasteiger partial charge in [-0.3, -0.25) is 0 Å². The Morgan fingerprint density at radius 2 is 0.750 bits per heavy atom. The molecular formula is C44H40N2O6. The Labute approximate surface area is 304 Å². The van der Waals surface area contributed by atoms with Gasteiger partial charge in [-0.1, -0.05) is 36.4 Å². The number of benzene rings is 5. The van der Waals surface area contributed by atoms with E-state index >= 15 is 0 Å². The van der Waals surface area contributed by atoms with Crippen LogP contribution in [0.15, 0.2) is 84.9 Å². The van der Waals surface area contributed by atoms with Crippen molar-refractivity contribution in [3.63, 3.8) is 0 Å². The lowest BCUT2D eigenvalue weighted by molar-refractivity contribution is 0.391. The number of nitrogens with zero attached hydrogens (tertiary/aromatic N) is 2. The van der Waals surface area contributed by atoms with E-state index < -0.39 is 10.8 Å². The number of rotatable bonds is 10. The molecule has 0 atom stereocenters. The van der Waals surface area contributed by atoms with Gasteiger partial charge in [0.25, 0.3) is 0 Å². The van der Waals surface area contributed by atoms with Crippen molar-refractivity contribution in [3.8, 4) is 68.9 Å².